The molecule has 20 heavy (non-hydrogen) atoms. The standard InChI is InChI=1S/C13H20N2O4S/c1-14(12-7-5-4-6-8-12)13(16)11-15(9-10-19-2)20(3,17)18/h4-8H,9-11H2,1-3H3. The van der Waals surface area contributed by atoms with Crippen molar-refractivity contribution in [1.29, 1.82) is 0 Å². The van der Waals surface area contributed by atoms with Crippen LogP contribution >= 0.6 is 0 Å². The highest BCUT2D eigenvalue weighted by Gasteiger charge is 2.22. The number of hydrogen-bond donors (Lipinski definition) is 0. The molecule has 7 heteroatoms. The van der Waals surface area contributed by atoms with Gasteiger partial charge in [0.1, 0.15) is 0 Å². The Balaban J connectivity index is 2.76. The van der Waals surface area contributed by atoms with Crippen molar-refractivity contribution in [2.45, 2.75) is 0 Å². The van der Waals surface area contributed by atoms with E-state index in [0.717, 1.165) is 16.2 Å². The smallest absolute Gasteiger partial charge is 0.242 e. The van der Waals surface area contributed by atoms with Crippen LogP contribution in [0, 0.1) is 0 Å². The average molecular weight is 300 g/mol. The number of nitrogens with zero attached hydrogens (tertiary/aromatic N) is 2. The molecule has 0 unspecified atom stereocenters. The number of ether oxygens (including phenoxy) is 1. The highest BCUT2D eigenvalue weighted by Crippen LogP contribution is 2.12. The lowest BCUT2D eigenvalue weighted by molar-refractivity contribution is -0.118. The van der Waals surface area contributed by atoms with Crippen molar-refractivity contribution in [1.82, 2.24) is 4.31 Å². The molecule has 1 amide bonds. The first-order valence-corrected chi connectivity index (χ1v) is 7.96. The molecule has 112 valence electrons. The number of sulfonamides is 1. The summed E-state index contributed by atoms with van der Waals surface area (Å²) in [4.78, 5) is 13.6. The minimum absolute atomic E-state index is 0.156. The fourth-order valence-corrected chi connectivity index (χ4v) is 2.36. The number of benzene rings is 1. The van der Waals surface area contributed by atoms with Crippen molar-refractivity contribution in [2.24, 2.45) is 0 Å². The van der Waals surface area contributed by atoms with Crippen molar-refractivity contribution in [3.63, 3.8) is 0 Å². The van der Waals surface area contributed by atoms with Crippen LogP contribution in [-0.2, 0) is 19.6 Å². The zero-order valence-corrected chi connectivity index (χ0v) is 12.8. The minimum Gasteiger partial charge on any atom is -0.383 e. The zero-order valence-electron chi connectivity index (χ0n) is 11.9. The third-order valence-corrected chi connectivity index (χ3v) is 4.09. The molecule has 0 fully saturated rings. The van der Waals surface area contributed by atoms with Crippen LogP contribution in [0.15, 0.2) is 30.3 Å². The summed E-state index contributed by atoms with van der Waals surface area (Å²) in [7, 11) is -0.338. The summed E-state index contributed by atoms with van der Waals surface area (Å²) < 4.78 is 29.2. The van der Waals surface area contributed by atoms with E-state index in [1.165, 1.54) is 12.0 Å². The Labute approximate surface area is 120 Å². The van der Waals surface area contributed by atoms with Crippen LogP contribution in [0.4, 0.5) is 5.69 Å². The summed E-state index contributed by atoms with van der Waals surface area (Å²) >= 11 is 0. The van der Waals surface area contributed by atoms with Gasteiger partial charge in [0.25, 0.3) is 0 Å². The van der Waals surface area contributed by atoms with E-state index in [9.17, 15) is 13.2 Å². The summed E-state index contributed by atoms with van der Waals surface area (Å²) in [5, 5.41) is 0. The molecule has 0 atom stereocenters. The predicted molar refractivity (Wildman–Crippen MR) is 78.1 cm³/mol. The van der Waals surface area contributed by atoms with Gasteiger partial charge in [-0.2, -0.15) is 4.31 Å². The SMILES string of the molecule is COCCN(CC(=O)N(C)c1ccccc1)S(C)(=O)=O. The maximum atomic E-state index is 12.1. The molecule has 1 rings (SSSR count). The molecule has 6 nitrogen and oxygen atoms in total. The van der Waals surface area contributed by atoms with Crippen LogP contribution in [0.3, 0.4) is 0 Å². The number of carbonyl (C=O) groups excluding carboxylic acids is 1. The Morgan fingerprint density at radius 3 is 2.35 bits per heavy atom. The molecule has 0 saturated carbocycles. The van der Waals surface area contributed by atoms with Gasteiger partial charge in [0.2, 0.25) is 15.9 Å². The first-order chi connectivity index (χ1) is 9.36. The van der Waals surface area contributed by atoms with E-state index < -0.39 is 10.0 Å². The average Bonchev–Trinajstić information content (AvgIpc) is 2.42. The lowest BCUT2D eigenvalue weighted by atomic mass is 10.3. The molecule has 0 aliphatic carbocycles. The number of carbonyl (C=O) groups is 1. The van der Waals surface area contributed by atoms with Gasteiger partial charge in [-0.3, -0.25) is 4.79 Å². The summed E-state index contributed by atoms with van der Waals surface area (Å²) in [5.74, 6) is -0.294. The highest BCUT2D eigenvalue weighted by atomic mass is 32.2. The summed E-state index contributed by atoms with van der Waals surface area (Å²) in [6, 6.07) is 9.07. The Morgan fingerprint density at radius 1 is 1.25 bits per heavy atom. The minimum atomic E-state index is -3.44. The van der Waals surface area contributed by atoms with Crippen LogP contribution in [0.1, 0.15) is 0 Å². The van der Waals surface area contributed by atoms with Gasteiger partial charge in [0.05, 0.1) is 19.4 Å². The number of anilines is 1. The van der Waals surface area contributed by atoms with Crippen LogP contribution in [-0.4, -0.2) is 58.7 Å². The second kappa shape index (κ2) is 7.37. The summed E-state index contributed by atoms with van der Waals surface area (Å²) in [5.41, 5.74) is 0.720. The zero-order chi connectivity index (χ0) is 15.2. The quantitative estimate of drug-likeness (QED) is 0.738. The monoisotopic (exact) mass is 300 g/mol. The van der Waals surface area contributed by atoms with E-state index in [-0.39, 0.29) is 25.6 Å². The Morgan fingerprint density at radius 2 is 1.85 bits per heavy atom. The first-order valence-electron chi connectivity index (χ1n) is 6.12. The Bertz CT molecular complexity index is 531. The molecule has 0 radical (unpaired) electrons. The molecule has 0 saturated heterocycles. The molecule has 0 aromatic heterocycles. The maximum absolute atomic E-state index is 12.1. The number of para-hydroxylation sites is 1. The van der Waals surface area contributed by atoms with Gasteiger partial charge in [0, 0.05) is 26.4 Å². The van der Waals surface area contributed by atoms with E-state index >= 15 is 0 Å². The fourth-order valence-electron chi connectivity index (χ4n) is 1.61. The number of amides is 1. The van der Waals surface area contributed by atoms with E-state index in [2.05, 4.69) is 0 Å². The van der Waals surface area contributed by atoms with E-state index in [1.54, 1.807) is 19.2 Å². The van der Waals surface area contributed by atoms with Gasteiger partial charge in [-0.15, -0.1) is 0 Å². The van der Waals surface area contributed by atoms with Crippen LogP contribution < -0.4 is 4.90 Å². The summed E-state index contributed by atoms with van der Waals surface area (Å²) in [6.45, 7) is 0.201. The molecular formula is C13H20N2O4S. The van der Waals surface area contributed by atoms with E-state index in [0.29, 0.717) is 0 Å². The van der Waals surface area contributed by atoms with Crippen LogP contribution in [0.5, 0.6) is 0 Å². The van der Waals surface area contributed by atoms with Gasteiger partial charge in [0.15, 0.2) is 0 Å². The predicted octanol–water partition coefficient (Wildman–Crippen LogP) is 0.557. The number of methoxy groups -OCH3 is 1. The van der Waals surface area contributed by atoms with Crippen molar-refractivity contribution in [3.8, 4) is 0 Å². The molecule has 0 spiro atoms. The molecular weight excluding hydrogens is 280 g/mol. The molecule has 0 aliphatic heterocycles. The van der Waals surface area contributed by atoms with Crippen LogP contribution in [0.25, 0.3) is 0 Å². The topological polar surface area (TPSA) is 66.9 Å². The molecule has 0 bridgehead atoms. The van der Waals surface area contributed by atoms with E-state index in [1.807, 2.05) is 18.2 Å². The number of hydrogen-bond acceptors (Lipinski definition) is 4. The summed E-state index contributed by atoms with van der Waals surface area (Å²) in [6.07, 6.45) is 1.08. The Kier molecular flexibility index (Phi) is 6.12. The van der Waals surface area contributed by atoms with Gasteiger partial charge in [-0.1, -0.05) is 18.2 Å². The first kappa shape index (κ1) is 16.6. The van der Waals surface area contributed by atoms with Crippen LogP contribution in [0.2, 0.25) is 0 Å². The number of likely N-dealkylation sites (N-methyl/N-ethyl adjacent to an activating group) is 1. The van der Waals surface area contributed by atoms with Crippen molar-refractivity contribution < 1.29 is 17.9 Å². The molecule has 0 aliphatic rings. The maximum Gasteiger partial charge on any atom is 0.242 e. The molecule has 1 aromatic rings. The molecule has 0 heterocycles. The third kappa shape index (κ3) is 4.92. The van der Waals surface area contributed by atoms with Crippen molar-refractivity contribution >= 4 is 21.6 Å². The lowest BCUT2D eigenvalue weighted by Gasteiger charge is -2.23. The second-order valence-corrected chi connectivity index (χ2v) is 6.36. The normalized spacial score (nSPS) is 11.6. The molecule has 0 N–H and O–H groups in total. The van der Waals surface area contributed by atoms with Crippen molar-refractivity contribution in [3.05, 3.63) is 30.3 Å². The fraction of sp³-hybridized carbons (Fsp3) is 0.462. The Hall–Kier alpha value is -1.44. The largest absolute Gasteiger partial charge is 0.383 e. The molecule has 1 aromatic carbocycles. The van der Waals surface area contributed by atoms with Gasteiger partial charge in [-0.05, 0) is 12.1 Å². The second-order valence-electron chi connectivity index (χ2n) is 4.38. The van der Waals surface area contributed by atoms with Gasteiger partial charge in [-0.25, -0.2) is 8.42 Å². The lowest BCUT2D eigenvalue weighted by Crippen LogP contribution is -2.42. The van der Waals surface area contributed by atoms with E-state index in [4.69, 9.17) is 4.74 Å². The number of rotatable bonds is 7. The van der Waals surface area contributed by atoms with Gasteiger partial charge >= 0.3 is 0 Å². The third-order valence-electron chi connectivity index (χ3n) is 2.84. The highest BCUT2D eigenvalue weighted by molar-refractivity contribution is 7.88. The van der Waals surface area contributed by atoms with Gasteiger partial charge < -0.3 is 9.64 Å². The van der Waals surface area contributed by atoms with Crippen molar-refractivity contribution in [2.75, 3.05) is 45.0 Å².